The molecule has 0 aliphatic carbocycles. The van der Waals surface area contributed by atoms with Gasteiger partial charge in [-0.3, -0.25) is 0 Å². The van der Waals surface area contributed by atoms with Crippen molar-refractivity contribution < 1.29 is 9.53 Å². The molecule has 0 fully saturated rings. The number of rotatable bonds is 3. The standard InChI is InChI=1S/C9H10ClNO2/c1-13-7-3-2-6(4-5-12)9(11)8(7)10/h2-3,5H,4,11H2,1H3. The molecule has 4 heteroatoms. The van der Waals surface area contributed by atoms with Crippen molar-refractivity contribution in [2.75, 3.05) is 12.8 Å². The normalized spacial score (nSPS) is 9.69. The number of halogens is 1. The largest absolute Gasteiger partial charge is 0.495 e. The van der Waals surface area contributed by atoms with E-state index in [-0.39, 0.29) is 6.42 Å². The van der Waals surface area contributed by atoms with E-state index in [9.17, 15) is 4.79 Å². The van der Waals surface area contributed by atoms with Crippen molar-refractivity contribution in [1.29, 1.82) is 0 Å². The molecule has 0 amide bonds. The Kier molecular flexibility index (Phi) is 3.14. The second-order valence-corrected chi connectivity index (χ2v) is 2.90. The summed E-state index contributed by atoms with van der Waals surface area (Å²) in [4.78, 5) is 10.3. The number of hydrogen-bond donors (Lipinski definition) is 1. The van der Waals surface area contributed by atoms with Crippen LogP contribution in [0.5, 0.6) is 5.75 Å². The molecule has 13 heavy (non-hydrogen) atoms. The highest BCUT2D eigenvalue weighted by Gasteiger charge is 2.08. The third-order valence-corrected chi connectivity index (χ3v) is 2.15. The maximum Gasteiger partial charge on any atom is 0.139 e. The van der Waals surface area contributed by atoms with E-state index < -0.39 is 0 Å². The van der Waals surface area contributed by atoms with E-state index in [2.05, 4.69) is 0 Å². The number of benzene rings is 1. The smallest absolute Gasteiger partial charge is 0.139 e. The number of hydrogen-bond acceptors (Lipinski definition) is 3. The Bertz CT molecular complexity index is 326. The first-order chi connectivity index (χ1) is 6.20. The van der Waals surface area contributed by atoms with Gasteiger partial charge in [-0.05, 0) is 11.6 Å². The number of methoxy groups -OCH3 is 1. The third-order valence-electron chi connectivity index (χ3n) is 1.76. The van der Waals surface area contributed by atoms with Gasteiger partial charge >= 0.3 is 0 Å². The molecule has 0 heterocycles. The summed E-state index contributed by atoms with van der Waals surface area (Å²) in [7, 11) is 1.51. The van der Waals surface area contributed by atoms with Crippen molar-refractivity contribution >= 4 is 23.6 Å². The number of carbonyl (C=O) groups is 1. The molecule has 2 N–H and O–H groups in total. The van der Waals surface area contributed by atoms with Crippen molar-refractivity contribution in [2.24, 2.45) is 0 Å². The zero-order valence-electron chi connectivity index (χ0n) is 7.21. The summed E-state index contributed by atoms with van der Waals surface area (Å²) in [5, 5.41) is 0.363. The molecule has 0 aliphatic heterocycles. The van der Waals surface area contributed by atoms with Crippen LogP contribution in [0.3, 0.4) is 0 Å². The number of nitrogens with two attached hydrogens (primary N) is 1. The molecule has 0 radical (unpaired) electrons. The Balaban J connectivity index is 3.14. The highest BCUT2D eigenvalue weighted by molar-refractivity contribution is 6.34. The zero-order valence-corrected chi connectivity index (χ0v) is 7.97. The van der Waals surface area contributed by atoms with E-state index >= 15 is 0 Å². The minimum absolute atomic E-state index is 0.273. The molecular weight excluding hydrogens is 190 g/mol. The first-order valence-electron chi connectivity index (χ1n) is 3.75. The minimum atomic E-state index is 0.273. The summed E-state index contributed by atoms with van der Waals surface area (Å²) in [6.45, 7) is 0. The van der Waals surface area contributed by atoms with Crippen LogP contribution in [0.1, 0.15) is 5.56 Å². The van der Waals surface area contributed by atoms with Crippen molar-refractivity contribution in [2.45, 2.75) is 6.42 Å². The molecule has 1 aromatic rings. The van der Waals surface area contributed by atoms with Gasteiger partial charge in [-0.2, -0.15) is 0 Å². The van der Waals surface area contributed by atoms with Crippen molar-refractivity contribution in [3.05, 3.63) is 22.7 Å². The average molecular weight is 200 g/mol. The Morgan fingerprint density at radius 1 is 1.62 bits per heavy atom. The second kappa shape index (κ2) is 4.14. The fourth-order valence-electron chi connectivity index (χ4n) is 1.04. The Hall–Kier alpha value is -1.22. The molecule has 0 spiro atoms. The lowest BCUT2D eigenvalue weighted by Gasteiger charge is -2.08. The Morgan fingerprint density at radius 3 is 2.85 bits per heavy atom. The van der Waals surface area contributed by atoms with Crippen LogP contribution in [0.15, 0.2) is 12.1 Å². The van der Waals surface area contributed by atoms with Crippen LogP contribution in [0.25, 0.3) is 0 Å². The summed E-state index contributed by atoms with van der Waals surface area (Å²) in [5.74, 6) is 0.522. The lowest BCUT2D eigenvalue weighted by Crippen LogP contribution is -1.98. The quantitative estimate of drug-likeness (QED) is 0.595. The maximum absolute atomic E-state index is 10.3. The highest BCUT2D eigenvalue weighted by atomic mass is 35.5. The molecule has 0 unspecified atom stereocenters. The van der Waals surface area contributed by atoms with E-state index in [1.807, 2.05) is 0 Å². The summed E-state index contributed by atoms with van der Waals surface area (Å²) in [5.41, 5.74) is 6.81. The van der Waals surface area contributed by atoms with E-state index in [1.165, 1.54) is 7.11 Å². The number of carbonyl (C=O) groups excluding carboxylic acids is 1. The summed E-state index contributed by atoms with van der Waals surface area (Å²) < 4.78 is 4.96. The van der Waals surface area contributed by atoms with E-state index in [4.69, 9.17) is 22.1 Å². The Morgan fingerprint density at radius 2 is 2.31 bits per heavy atom. The molecule has 0 saturated heterocycles. The molecule has 3 nitrogen and oxygen atoms in total. The fraction of sp³-hybridized carbons (Fsp3) is 0.222. The van der Waals surface area contributed by atoms with Crippen molar-refractivity contribution in [1.82, 2.24) is 0 Å². The number of nitrogen functional groups attached to an aromatic ring is 1. The molecule has 0 aromatic heterocycles. The lowest BCUT2D eigenvalue weighted by molar-refractivity contribution is -0.107. The van der Waals surface area contributed by atoms with Gasteiger partial charge in [0.25, 0.3) is 0 Å². The average Bonchev–Trinajstić information content (AvgIpc) is 2.14. The first-order valence-corrected chi connectivity index (χ1v) is 4.13. The minimum Gasteiger partial charge on any atom is -0.495 e. The summed E-state index contributed by atoms with van der Waals surface area (Å²) in [6, 6.07) is 3.42. The molecule has 0 bridgehead atoms. The fourth-order valence-corrected chi connectivity index (χ4v) is 1.30. The Labute approximate surface area is 81.4 Å². The van der Waals surface area contributed by atoms with E-state index in [0.29, 0.717) is 16.5 Å². The molecular formula is C9H10ClNO2. The lowest BCUT2D eigenvalue weighted by atomic mass is 10.1. The van der Waals surface area contributed by atoms with Crippen LogP contribution in [-0.2, 0) is 11.2 Å². The molecule has 1 rings (SSSR count). The number of ether oxygens (including phenoxy) is 1. The van der Waals surface area contributed by atoms with Crippen LogP contribution in [0, 0.1) is 0 Å². The van der Waals surface area contributed by atoms with Gasteiger partial charge in [-0.1, -0.05) is 17.7 Å². The predicted molar refractivity (Wildman–Crippen MR) is 52.2 cm³/mol. The van der Waals surface area contributed by atoms with Gasteiger partial charge < -0.3 is 15.3 Å². The van der Waals surface area contributed by atoms with Gasteiger partial charge in [0.05, 0.1) is 12.8 Å². The molecule has 70 valence electrons. The van der Waals surface area contributed by atoms with Gasteiger partial charge in [0, 0.05) is 6.42 Å². The van der Waals surface area contributed by atoms with Crippen LogP contribution in [0.4, 0.5) is 5.69 Å². The van der Waals surface area contributed by atoms with Gasteiger partial charge in [-0.25, -0.2) is 0 Å². The first kappa shape index (κ1) is 9.86. The summed E-state index contributed by atoms with van der Waals surface area (Å²) in [6.07, 6.45) is 1.06. The topological polar surface area (TPSA) is 52.3 Å². The third kappa shape index (κ3) is 1.92. The van der Waals surface area contributed by atoms with Crippen molar-refractivity contribution in [3.8, 4) is 5.75 Å². The van der Waals surface area contributed by atoms with Crippen molar-refractivity contribution in [3.63, 3.8) is 0 Å². The molecule has 0 saturated carbocycles. The van der Waals surface area contributed by atoms with Gasteiger partial charge in [0.1, 0.15) is 17.1 Å². The SMILES string of the molecule is COc1ccc(CC=O)c(N)c1Cl. The molecule has 1 aromatic carbocycles. The summed E-state index contributed by atoms with van der Waals surface area (Å²) >= 11 is 5.87. The predicted octanol–water partition coefficient (Wildman–Crippen LogP) is 1.67. The van der Waals surface area contributed by atoms with Crippen LogP contribution in [-0.4, -0.2) is 13.4 Å². The van der Waals surface area contributed by atoms with Gasteiger partial charge in [-0.15, -0.1) is 0 Å². The van der Waals surface area contributed by atoms with Crippen LogP contribution in [0.2, 0.25) is 5.02 Å². The van der Waals surface area contributed by atoms with Gasteiger partial charge in [0.15, 0.2) is 0 Å². The van der Waals surface area contributed by atoms with Crippen LogP contribution >= 0.6 is 11.6 Å². The molecule has 0 atom stereocenters. The zero-order chi connectivity index (χ0) is 9.84. The van der Waals surface area contributed by atoms with Crippen LogP contribution < -0.4 is 10.5 Å². The number of anilines is 1. The van der Waals surface area contributed by atoms with E-state index in [1.54, 1.807) is 12.1 Å². The van der Waals surface area contributed by atoms with E-state index in [0.717, 1.165) is 11.8 Å². The number of aldehydes is 1. The second-order valence-electron chi connectivity index (χ2n) is 2.53. The van der Waals surface area contributed by atoms with Gasteiger partial charge in [0.2, 0.25) is 0 Å². The highest BCUT2D eigenvalue weighted by Crippen LogP contribution is 2.32. The monoisotopic (exact) mass is 199 g/mol. The molecule has 0 aliphatic rings. The maximum atomic E-state index is 10.3.